The molecule has 160 valence electrons. The van der Waals surface area contributed by atoms with Crippen molar-refractivity contribution >= 4 is 22.1 Å². The van der Waals surface area contributed by atoms with Gasteiger partial charge < -0.3 is 10.9 Å². The zero-order chi connectivity index (χ0) is 21.6. The molecule has 0 bridgehead atoms. The monoisotopic (exact) mass is 438 g/mol. The maximum atomic E-state index is 12.3. The second kappa shape index (κ2) is 12.1. The average molecular weight is 439 g/mol. The van der Waals surface area contributed by atoms with E-state index in [-0.39, 0.29) is 73.1 Å². The maximum Gasteiger partial charge on any atom is 1.00 e. The molecule has 2 unspecified atom stereocenters. The van der Waals surface area contributed by atoms with E-state index in [9.17, 15) is 22.6 Å². The van der Waals surface area contributed by atoms with Crippen LogP contribution in [0.15, 0.2) is 23.1 Å². The molecule has 7 nitrogen and oxygen atoms in total. The standard InChI is InChI=1S/C20H30O7S.Na.H/c1-12(2)14(5)10-26-19(21)16-7-8-17(18(9-16)28(23,24)25)20(22)27-11-15(6)13(3)4;;/h7-9,12-15H,10-11H2,1-6H3,(H,23,24,25);;/q;+1;-1. The van der Waals surface area contributed by atoms with Gasteiger partial charge in [0.2, 0.25) is 0 Å². The Morgan fingerprint density at radius 1 is 0.931 bits per heavy atom. The third-order valence-electron chi connectivity index (χ3n) is 4.95. The van der Waals surface area contributed by atoms with Crippen molar-refractivity contribution in [3.63, 3.8) is 0 Å². The SMILES string of the molecule is CC(C)C(C)COC(=O)c1ccc(C(=O)OCC(C)C(C)C)c(S(=O)(=O)O)c1.[H-].[Na+]. The van der Waals surface area contributed by atoms with Crippen molar-refractivity contribution in [3.8, 4) is 0 Å². The molecule has 1 rings (SSSR count). The molecule has 0 aliphatic rings. The summed E-state index contributed by atoms with van der Waals surface area (Å²) in [6, 6.07) is 3.35. The summed E-state index contributed by atoms with van der Waals surface area (Å²) < 4.78 is 43.3. The first-order valence-electron chi connectivity index (χ1n) is 9.30. The first-order chi connectivity index (χ1) is 12.8. The van der Waals surface area contributed by atoms with Crippen molar-refractivity contribution in [2.75, 3.05) is 13.2 Å². The van der Waals surface area contributed by atoms with E-state index in [4.69, 9.17) is 9.47 Å². The molecule has 29 heavy (non-hydrogen) atoms. The van der Waals surface area contributed by atoms with Crippen molar-refractivity contribution in [1.82, 2.24) is 0 Å². The van der Waals surface area contributed by atoms with Crippen LogP contribution in [0.4, 0.5) is 0 Å². The summed E-state index contributed by atoms with van der Waals surface area (Å²) in [5.74, 6) is -0.817. The summed E-state index contributed by atoms with van der Waals surface area (Å²) >= 11 is 0. The van der Waals surface area contributed by atoms with Gasteiger partial charge in [0, 0.05) is 0 Å². The van der Waals surface area contributed by atoms with E-state index < -0.39 is 27.0 Å². The number of benzene rings is 1. The van der Waals surface area contributed by atoms with Crippen molar-refractivity contribution in [1.29, 1.82) is 0 Å². The van der Waals surface area contributed by atoms with Crippen molar-refractivity contribution in [2.45, 2.75) is 46.4 Å². The molecule has 0 spiro atoms. The van der Waals surface area contributed by atoms with E-state index in [0.29, 0.717) is 5.92 Å². The van der Waals surface area contributed by atoms with Gasteiger partial charge in [-0.15, -0.1) is 0 Å². The van der Waals surface area contributed by atoms with Gasteiger partial charge in [0.05, 0.1) is 24.3 Å². The van der Waals surface area contributed by atoms with Gasteiger partial charge in [0.1, 0.15) is 4.90 Å². The van der Waals surface area contributed by atoms with E-state index in [0.717, 1.165) is 12.1 Å². The fourth-order valence-corrected chi connectivity index (χ4v) is 2.70. The zero-order valence-corrected chi connectivity index (χ0v) is 21.1. The van der Waals surface area contributed by atoms with Gasteiger partial charge in [-0.25, -0.2) is 9.59 Å². The number of esters is 2. The number of hydrogen-bond donors (Lipinski definition) is 1. The molecule has 0 aliphatic carbocycles. The van der Waals surface area contributed by atoms with Crippen LogP contribution >= 0.6 is 0 Å². The van der Waals surface area contributed by atoms with Crippen molar-refractivity contribution in [3.05, 3.63) is 29.3 Å². The molecular weight excluding hydrogens is 407 g/mol. The number of hydrogen-bond acceptors (Lipinski definition) is 6. The van der Waals surface area contributed by atoms with Crippen LogP contribution in [0.25, 0.3) is 0 Å². The number of ether oxygens (including phenoxy) is 2. The minimum absolute atomic E-state index is 0. The first kappa shape index (κ1) is 28.1. The summed E-state index contributed by atoms with van der Waals surface area (Å²) in [7, 11) is -4.74. The Hall–Kier alpha value is -0.930. The third-order valence-corrected chi connectivity index (χ3v) is 5.84. The Morgan fingerprint density at radius 3 is 1.79 bits per heavy atom. The van der Waals surface area contributed by atoms with Crippen molar-refractivity contribution < 1.29 is 63.0 Å². The van der Waals surface area contributed by atoms with Crippen LogP contribution in [0.2, 0.25) is 0 Å². The summed E-state index contributed by atoms with van der Waals surface area (Å²) in [6.07, 6.45) is 0. The molecule has 0 aromatic heterocycles. The third kappa shape index (κ3) is 8.76. The summed E-state index contributed by atoms with van der Waals surface area (Å²) in [5, 5.41) is 0. The summed E-state index contributed by atoms with van der Waals surface area (Å²) in [5.41, 5.74) is -0.402. The number of carbonyl (C=O) groups excluding carboxylic acids is 2. The molecule has 0 saturated carbocycles. The molecule has 0 saturated heterocycles. The smallest absolute Gasteiger partial charge is 1.00 e. The van der Waals surface area contributed by atoms with Crippen LogP contribution in [-0.2, 0) is 19.6 Å². The predicted octanol–water partition coefficient (Wildman–Crippen LogP) is 0.948. The van der Waals surface area contributed by atoms with E-state index in [2.05, 4.69) is 0 Å². The van der Waals surface area contributed by atoms with Gasteiger partial charge in [-0.3, -0.25) is 4.55 Å². The van der Waals surface area contributed by atoms with Crippen LogP contribution in [0.5, 0.6) is 0 Å². The molecule has 1 aromatic rings. The Labute approximate surface area is 197 Å². The Bertz CT molecular complexity index is 809. The largest absolute Gasteiger partial charge is 1.00 e. The fourth-order valence-electron chi connectivity index (χ4n) is 1.99. The van der Waals surface area contributed by atoms with Crippen LogP contribution in [0.3, 0.4) is 0 Å². The van der Waals surface area contributed by atoms with Gasteiger partial charge in [-0.05, 0) is 41.9 Å². The number of rotatable bonds is 9. The number of carbonyl (C=O) groups is 2. The van der Waals surface area contributed by atoms with Crippen LogP contribution in [-0.4, -0.2) is 38.1 Å². The molecule has 9 heteroatoms. The molecule has 0 amide bonds. The van der Waals surface area contributed by atoms with Gasteiger partial charge in [0.25, 0.3) is 10.1 Å². The Morgan fingerprint density at radius 2 is 1.38 bits per heavy atom. The predicted molar refractivity (Wildman–Crippen MR) is 106 cm³/mol. The normalized spacial score (nSPS) is 13.6. The summed E-state index contributed by atoms with van der Waals surface area (Å²) in [4.78, 5) is 23.8. The second-order valence-corrected chi connectivity index (χ2v) is 9.22. The molecular formula is C20H31NaO7S. The molecule has 0 aliphatic heterocycles. The quantitative estimate of drug-likeness (QED) is 0.347. The molecule has 2 atom stereocenters. The Kier molecular flexibility index (Phi) is 11.7. The Balaban J connectivity index is 0. The van der Waals surface area contributed by atoms with Crippen LogP contribution < -0.4 is 29.6 Å². The van der Waals surface area contributed by atoms with E-state index >= 15 is 0 Å². The van der Waals surface area contributed by atoms with Crippen LogP contribution in [0, 0.1) is 23.7 Å². The van der Waals surface area contributed by atoms with Gasteiger partial charge in [-0.1, -0.05) is 41.5 Å². The van der Waals surface area contributed by atoms with Gasteiger partial charge in [-0.2, -0.15) is 8.42 Å². The summed E-state index contributed by atoms with van der Waals surface area (Å²) in [6.45, 7) is 12.1. The fraction of sp³-hybridized carbons (Fsp3) is 0.600. The minimum atomic E-state index is -4.74. The van der Waals surface area contributed by atoms with Gasteiger partial charge >= 0.3 is 41.5 Å². The van der Waals surface area contributed by atoms with Gasteiger partial charge in [0.15, 0.2) is 0 Å². The van der Waals surface area contributed by atoms with E-state index in [1.165, 1.54) is 6.07 Å². The molecule has 0 heterocycles. The molecule has 0 fully saturated rings. The van der Waals surface area contributed by atoms with E-state index in [1.54, 1.807) is 0 Å². The maximum absolute atomic E-state index is 12.3. The van der Waals surface area contributed by atoms with E-state index in [1.807, 2.05) is 41.5 Å². The average Bonchev–Trinajstić information content (AvgIpc) is 2.61. The van der Waals surface area contributed by atoms with Crippen LogP contribution in [0.1, 0.15) is 63.7 Å². The first-order valence-corrected chi connectivity index (χ1v) is 10.7. The second-order valence-electron chi connectivity index (χ2n) is 7.83. The topological polar surface area (TPSA) is 107 Å². The minimum Gasteiger partial charge on any atom is -1.00 e. The molecule has 0 radical (unpaired) electrons. The zero-order valence-electron chi connectivity index (χ0n) is 19.3. The molecule has 1 aromatic carbocycles. The van der Waals surface area contributed by atoms with Crippen molar-refractivity contribution in [2.24, 2.45) is 23.7 Å². The molecule has 1 N–H and O–H groups in total.